The number of benzene rings is 1. The highest BCUT2D eigenvalue weighted by molar-refractivity contribution is 5.92. The van der Waals surface area contributed by atoms with Gasteiger partial charge >= 0.3 is 0 Å². The maximum atomic E-state index is 13.5. The molecule has 1 amide bonds. The largest absolute Gasteiger partial charge is 0.435 e. The van der Waals surface area contributed by atoms with Crippen LogP contribution < -0.4 is 4.90 Å². The summed E-state index contributed by atoms with van der Waals surface area (Å²) in [6, 6.07) is 6.40. The summed E-state index contributed by atoms with van der Waals surface area (Å²) in [7, 11) is 3.81. The molecule has 7 nitrogen and oxygen atoms in total. The van der Waals surface area contributed by atoms with Crippen LogP contribution >= 0.6 is 0 Å². The number of nitrogens with zero attached hydrogens (tertiary/aromatic N) is 5. The van der Waals surface area contributed by atoms with Crippen molar-refractivity contribution in [1.82, 2.24) is 19.9 Å². The molecule has 32 heavy (non-hydrogen) atoms. The van der Waals surface area contributed by atoms with E-state index in [0.717, 1.165) is 29.7 Å². The predicted molar refractivity (Wildman–Crippen MR) is 120 cm³/mol. The first-order chi connectivity index (χ1) is 15.4. The highest BCUT2D eigenvalue weighted by Gasteiger charge is 2.30. The van der Waals surface area contributed by atoms with Crippen LogP contribution in [0.4, 0.5) is 10.3 Å². The summed E-state index contributed by atoms with van der Waals surface area (Å²) in [5, 5.41) is 0. The molecule has 1 fully saturated rings. The molecule has 0 radical (unpaired) electrons. The third-order valence-corrected chi connectivity index (χ3v) is 5.87. The van der Waals surface area contributed by atoms with Crippen molar-refractivity contribution < 1.29 is 13.6 Å². The van der Waals surface area contributed by atoms with E-state index in [2.05, 4.69) is 9.97 Å². The quantitative estimate of drug-likeness (QED) is 0.595. The van der Waals surface area contributed by atoms with Crippen molar-refractivity contribution >= 4 is 11.9 Å². The molecule has 0 aliphatic carbocycles. The zero-order chi connectivity index (χ0) is 22.8. The summed E-state index contributed by atoms with van der Waals surface area (Å²) in [5.41, 5.74) is 3.36. The Morgan fingerprint density at radius 1 is 1.19 bits per heavy atom. The molecule has 3 heterocycles. The van der Waals surface area contributed by atoms with E-state index in [1.54, 1.807) is 19.1 Å². The minimum Gasteiger partial charge on any atom is -0.435 e. The summed E-state index contributed by atoms with van der Waals surface area (Å²) in [5.74, 6) is 1.34. The predicted octanol–water partition coefficient (Wildman–Crippen LogP) is 4.23. The summed E-state index contributed by atoms with van der Waals surface area (Å²) in [6.45, 7) is 4.97. The standard InChI is InChI=1S/C24H28FN5O2/c1-5-20-27-15(2)22(32-20)23(31)30-12-10-17(11-13-30)21-19(14-26-24(28-21)29(3)4)16-6-8-18(25)9-7-16/h6-9,14,17H,5,10-13H2,1-4H3. The van der Waals surface area contributed by atoms with Gasteiger partial charge in [-0.05, 0) is 37.5 Å². The van der Waals surface area contributed by atoms with Crippen LogP contribution in [0.25, 0.3) is 11.1 Å². The number of amides is 1. The van der Waals surface area contributed by atoms with E-state index in [9.17, 15) is 9.18 Å². The average Bonchev–Trinajstić information content (AvgIpc) is 3.19. The highest BCUT2D eigenvalue weighted by atomic mass is 19.1. The Morgan fingerprint density at radius 3 is 2.47 bits per heavy atom. The van der Waals surface area contributed by atoms with Gasteiger partial charge in [0.2, 0.25) is 11.7 Å². The molecule has 168 valence electrons. The van der Waals surface area contributed by atoms with E-state index < -0.39 is 0 Å². The molecule has 0 bridgehead atoms. The number of halogens is 1. The van der Waals surface area contributed by atoms with Gasteiger partial charge in [0.05, 0.1) is 11.4 Å². The Labute approximate surface area is 187 Å². The monoisotopic (exact) mass is 437 g/mol. The average molecular weight is 438 g/mol. The van der Waals surface area contributed by atoms with Crippen molar-refractivity contribution in [3.63, 3.8) is 0 Å². The van der Waals surface area contributed by atoms with Crippen LogP contribution in [0.3, 0.4) is 0 Å². The molecule has 3 aromatic rings. The number of aryl methyl sites for hydroxylation is 2. The Kier molecular flexibility index (Phi) is 6.21. The maximum Gasteiger partial charge on any atom is 0.291 e. The van der Waals surface area contributed by atoms with Gasteiger partial charge in [-0.15, -0.1) is 0 Å². The van der Waals surface area contributed by atoms with Crippen LogP contribution in [-0.4, -0.2) is 52.9 Å². The lowest BCUT2D eigenvalue weighted by atomic mass is 9.89. The third-order valence-electron chi connectivity index (χ3n) is 5.87. The molecule has 0 unspecified atom stereocenters. The van der Waals surface area contributed by atoms with Crippen LogP contribution in [0, 0.1) is 12.7 Å². The second kappa shape index (κ2) is 9.06. The van der Waals surface area contributed by atoms with Crippen LogP contribution in [-0.2, 0) is 6.42 Å². The van der Waals surface area contributed by atoms with Crippen LogP contribution in [0.2, 0.25) is 0 Å². The maximum absolute atomic E-state index is 13.5. The fourth-order valence-electron chi connectivity index (χ4n) is 4.07. The van der Waals surface area contributed by atoms with Crippen molar-refractivity contribution in [3.8, 4) is 11.1 Å². The number of piperidine rings is 1. The molecular formula is C24H28FN5O2. The number of aromatic nitrogens is 3. The van der Waals surface area contributed by atoms with E-state index >= 15 is 0 Å². The Hall–Kier alpha value is -3.29. The number of carbonyl (C=O) groups is 1. The molecule has 0 N–H and O–H groups in total. The minimum atomic E-state index is -0.276. The van der Waals surface area contributed by atoms with E-state index in [-0.39, 0.29) is 17.6 Å². The van der Waals surface area contributed by atoms with Gasteiger partial charge < -0.3 is 14.2 Å². The number of hydrogen-bond acceptors (Lipinski definition) is 6. The number of anilines is 1. The fraction of sp³-hybridized carbons (Fsp3) is 0.417. The van der Waals surface area contributed by atoms with Gasteiger partial charge in [-0.25, -0.2) is 19.3 Å². The Morgan fingerprint density at radius 2 is 1.88 bits per heavy atom. The molecule has 4 rings (SSSR count). The molecule has 0 spiro atoms. The lowest BCUT2D eigenvalue weighted by Crippen LogP contribution is -2.38. The van der Waals surface area contributed by atoms with E-state index in [1.165, 1.54) is 12.1 Å². The summed E-state index contributed by atoms with van der Waals surface area (Å²) in [4.78, 5) is 30.3. The van der Waals surface area contributed by atoms with E-state index in [1.807, 2.05) is 37.0 Å². The molecular weight excluding hydrogens is 409 g/mol. The smallest absolute Gasteiger partial charge is 0.291 e. The summed E-state index contributed by atoms with van der Waals surface area (Å²) >= 11 is 0. The second-order valence-electron chi connectivity index (χ2n) is 8.31. The topological polar surface area (TPSA) is 75.4 Å². The summed E-state index contributed by atoms with van der Waals surface area (Å²) in [6.07, 6.45) is 4.02. The molecule has 1 saturated heterocycles. The molecule has 0 atom stereocenters. The minimum absolute atomic E-state index is 0.108. The molecule has 8 heteroatoms. The number of oxazole rings is 1. The zero-order valence-corrected chi connectivity index (χ0v) is 18.9. The number of rotatable bonds is 5. The lowest BCUT2D eigenvalue weighted by molar-refractivity contribution is 0.0677. The molecule has 2 aromatic heterocycles. The van der Waals surface area contributed by atoms with Crippen LogP contribution in [0.15, 0.2) is 34.9 Å². The SMILES string of the molecule is CCc1nc(C)c(C(=O)N2CCC(c3nc(N(C)C)ncc3-c3ccc(F)cc3)CC2)o1. The molecule has 1 aromatic carbocycles. The van der Waals surface area contributed by atoms with Gasteiger partial charge in [-0.2, -0.15) is 0 Å². The van der Waals surface area contributed by atoms with E-state index in [4.69, 9.17) is 9.40 Å². The zero-order valence-electron chi connectivity index (χ0n) is 18.9. The number of likely N-dealkylation sites (tertiary alicyclic amines) is 1. The Balaban J connectivity index is 1.57. The fourth-order valence-corrected chi connectivity index (χ4v) is 4.07. The van der Waals surface area contributed by atoms with Crippen LogP contribution in [0.1, 0.15) is 53.5 Å². The normalized spacial score (nSPS) is 14.6. The van der Waals surface area contributed by atoms with Crippen molar-refractivity contribution in [3.05, 3.63) is 59.3 Å². The highest BCUT2D eigenvalue weighted by Crippen LogP contribution is 2.35. The van der Waals surface area contributed by atoms with Gasteiger partial charge in [-0.1, -0.05) is 19.1 Å². The first-order valence-electron chi connectivity index (χ1n) is 10.9. The van der Waals surface area contributed by atoms with Gasteiger partial charge in [0.25, 0.3) is 5.91 Å². The molecule has 0 saturated carbocycles. The van der Waals surface area contributed by atoms with Crippen molar-refractivity contribution in [2.45, 2.75) is 39.0 Å². The summed E-state index contributed by atoms with van der Waals surface area (Å²) < 4.78 is 19.1. The van der Waals surface area contributed by atoms with Gasteiger partial charge in [0.1, 0.15) is 5.82 Å². The van der Waals surface area contributed by atoms with Gasteiger partial charge in [0.15, 0.2) is 5.89 Å². The molecule has 1 aliphatic rings. The Bertz CT molecular complexity index is 1100. The lowest BCUT2D eigenvalue weighted by Gasteiger charge is -2.32. The second-order valence-corrected chi connectivity index (χ2v) is 8.31. The first kappa shape index (κ1) is 21.9. The van der Waals surface area contributed by atoms with E-state index in [0.29, 0.717) is 42.8 Å². The third kappa shape index (κ3) is 4.35. The first-order valence-corrected chi connectivity index (χ1v) is 10.9. The van der Waals surface area contributed by atoms with Crippen molar-refractivity contribution in [2.75, 3.05) is 32.1 Å². The molecule has 1 aliphatic heterocycles. The van der Waals surface area contributed by atoms with Gasteiger partial charge in [-0.3, -0.25) is 4.79 Å². The van der Waals surface area contributed by atoms with Crippen LogP contribution in [0.5, 0.6) is 0 Å². The van der Waals surface area contributed by atoms with Crippen molar-refractivity contribution in [1.29, 1.82) is 0 Å². The van der Waals surface area contributed by atoms with Gasteiger partial charge in [0, 0.05) is 51.3 Å². The number of hydrogen-bond donors (Lipinski definition) is 0. The van der Waals surface area contributed by atoms with Crippen molar-refractivity contribution in [2.24, 2.45) is 0 Å². The number of carbonyl (C=O) groups excluding carboxylic acids is 1.